The number of carbonyl (C=O) groups excluding carboxylic acids is 1. The summed E-state index contributed by atoms with van der Waals surface area (Å²) in [5.41, 5.74) is 2.63. The molecule has 0 spiro atoms. The summed E-state index contributed by atoms with van der Waals surface area (Å²) in [4.78, 5) is 24.0. The maximum atomic E-state index is 13.0. The Bertz CT molecular complexity index is 1110. The molecule has 3 heterocycles. The highest BCUT2D eigenvalue weighted by atomic mass is 16.5. The summed E-state index contributed by atoms with van der Waals surface area (Å²) >= 11 is 0. The van der Waals surface area contributed by atoms with Crippen molar-refractivity contribution in [1.29, 1.82) is 0 Å². The number of benzene rings is 1. The highest BCUT2D eigenvalue weighted by Gasteiger charge is 2.27. The summed E-state index contributed by atoms with van der Waals surface area (Å²) in [5.74, 6) is 2.55. The third kappa shape index (κ3) is 4.51. The molecule has 0 bridgehead atoms. The fourth-order valence-electron chi connectivity index (χ4n) is 4.04. The van der Waals surface area contributed by atoms with Crippen LogP contribution in [0.4, 0.5) is 11.5 Å². The van der Waals surface area contributed by atoms with Crippen molar-refractivity contribution in [3.8, 4) is 17.3 Å². The summed E-state index contributed by atoms with van der Waals surface area (Å²) in [6, 6.07) is 9.29. The van der Waals surface area contributed by atoms with Gasteiger partial charge in [-0.05, 0) is 44.9 Å². The molecule has 1 saturated heterocycles. The van der Waals surface area contributed by atoms with Crippen LogP contribution in [-0.4, -0.2) is 53.0 Å². The second-order valence-corrected chi connectivity index (χ2v) is 7.92. The Morgan fingerprint density at radius 3 is 2.56 bits per heavy atom. The van der Waals surface area contributed by atoms with Gasteiger partial charge in [-0.15, -0.1) is 0 Å². The topological polar surface area (TPSA) is 94.4 Å². The summed E-state index contributed by atoms with van der Waals surface area (Å²) in [5, 5.41) is 7.52. The van der Waals surface area contributed by atoms with Gasteiger partial charge in [0.1, 0.15) is 12.1 Å². The lowest BCUT2D eigenvalue weighted by atomic mass is 9.97. The number of aromatic nitrogens is 4. The van der Waals surface area contributed by atoms with Crippen molar-refractivity contribution >= 4 is 17.4 Å². The van der Waals surface area contributed by atoms with Crippen molar-refractivity contribution < 1.29 is 14.3 Å². The van der Waals surface area contributed by atoms with Crippen LogP contribution in [0, 0.1) is 19.8 Å². The SMILES string of the molecule is COc1ccc(NC(=O)C2CCCN(c3cc(-n4nc(C)cc4C)ncn3)C2)cc1OC. The summed E-state index contributed by atoms with van der Waals surface area (Å²) in [6.45, 7) is 5.38. The van der Waals surface area contributed by atoms with E-state index in [-0.39, 0.29) is 11.8 Å². The van der Waals surface area contributed by atoms with Gasteiger partial charge >= 0.3 is 0 Å². The molecule has 1 amide bonds. The van der Waals surface area contributed by atoms with Crippen LogP contribution in [-0.2, 0) is 4.79 Å². The lowest BCUT2D eigenvalue weighted by molar-refractivity contribution is -0.120. The predicted molar refractivity (Wildman–Crippen MR) is 122 cm³/mol. The zero-order valence-corrected chi connectivity index (χ0v) is 18.8. The van der Waals surface area contributed by atoms with Gasteiger partial charge in [-0.25, -0.2) is 14.6 Å². The average molecular weight is 437 g/mol. The Balaban J connectivity index is 1.47. The minimum Gasteiger partial charge on any atom is -0.493 e. The van der Waals surface area contributed by atoms with Gasteiger partial charge in [-0.2, -0.15) is 5.10 Å². The van der Waals surface area contributed by atoms with Crippen molar-refractivity contribution in [1.82, 2.24) is 19.7 Å². The van der Waals surface area contributed by atoms with Crippen LogP contribution in [0.1, 0.15) is 24.2 Å². The number of ether oxygens (including phenoxy) is 2. The molecule has 1 unspecified atom stereocenters. The van der Waals surface area contributed by atoms with Gasteiger partial charge in [0.2, 0.25) is 5.91 Å². The molecule has 168 valence electrons. The Kier molecular flexibility index (Phi) is 6.25. The van der Waals surface area contributed by atoms with Crippen LogP contribution in [0.2, 0.25) is 0 Å². The fraction of sp³-hybridized carbons (Fsp3) is 0.391. The van der Waals surface area contributed by atoms with Gasteiger partial charge in [-0.1, -0.05) is 0 Å². The minimum atomic E-state index is -0.149. The van der Waals surface area contributed by atoms with E-state index in [2.05, 4.69) is 25.3 Å². The Morgan fingerprint density at radius 1 is 1.06 bits per heavy atom. The van der Waals surface area contributed by atoms with E-state index in [1.165, 1.54) is 0 Å². The molecule has 4 rings (SSSR count). The number of carbonyl (C=O) groups is 1. The molecule has 0 radical (unpaired) electrons. The van der Waals surface area contributed by atoms with Crippen molar-refractivity contribution in [2.24, 2.45) is 5.92 Å². The molecular formula is C23H28N6O3. The molecule has 0 aliphatic carbocycles. The molecular weight excluding hydrogens is 408 g/mol. The van der Waals surface area contributed by atoms with Gasteiger partial charge in [-0.3, -0.25) is 4.79 Å². The number of aryl methyl sites for hydroxylation is 2. The third-order valence-electron chi connectivity index (χ3n) is 5.63. The quantitative estimate of drug-likeness (QED) is 0.634. The highest BCUT2D eigenvalue weighted by molar-refractivity contribution is 5.93. The third-order valence-corrected chi connectivity index (χ3v) is 5.63. The number of methoxy groups -OCH3 is 2. The molecule has 1 N–H and O–H groups in total. The average Bonchev–Trinajstić information content (AvgIpc) is 3.17. The number of amides is 1. The number of piperidine rings is 1. The molecule has 0 saturated carbocycles. The van der Waals surface area contributed by atoms with Crippen LogP contribution in [0.5, 0.6) is 11.5 Å². The summed E-state index contributed by atoms with van der Waals surface area (Å²) in [7, 11) is 3.16. The predicted octanol–water partition coefficient (Wildman–Crippen LogP) is 3.15. The smallest absolute Gasteiger partial charge is 0.229 e. The molecule has 1 aliphatic heterocycles. The minimum absolute atomic E-state index is 0.0188. The van der Waals surface area contributed by atoms with Crippen molar-refractivity contribution in [2.75, 3.05) is 37.5 Å². The van der Waals surface area contributed by atoms with Crippen LogP contribution in [0.25, 0.3) is 5.82 Å². The van der Waals surface area contributed by atoms with Crippen molar-refractivity contribution in [3.05, 3.63) is 48.0 Å². The molecule has 3 aromatic rings. The van der Waals surface area contributed by atoms with Gasteiger partial charge in [0.25, 0.3) is 0 Å². The van der Waals surface area contributed by atoms with Gasteiger partial charge in [0, 0.05) is 36.6 Å². The second kappa shape index (κ2) is 9.25. The molecule has 9 nitrogen and oxygen atoms in total. The van der Waals surface area contributed by atoms with E-state index in [9.17, 15) is 4.79 Å². The van der Waals surface area contributed by atoms with Crippen molar-refractivity contribution in [3.63, 3.8) is 0 Å². The van der Waals surface area contributed by atoms with Gasteiger partial charge < -0.3 is 19.7 Å². The standard InChI is InChI=1S/C23H28N6O3/c1-15-10-16(2)29(27-15)22-12-21(24-14-25-22)28-9-5-6-17(13-28)23(30)26-18-7-8-19(31-3)20(11-18)32-4/h7-8,10-12,14,17H,5-6,9,13H2,1-4H3,(H,26,30). The maximum absolute atomic E-state index is 13.0. The molecule has 1 aromatic carbocycles. The monoisotopic (exact) mass is 436 g/mol. The first-order valence-corrected chi connectivity index (χ1v) is 10.6. The number of hydrogen-bond donors (Lipinski definition) is 1. The van der Waals surface area contributed by atoms with Crippen LogP contribution in [0.3, 0.4) is 0 Å². The zero-order chi connectivity index (χ0) is 22.7. The molecule has 9 heteroatoms. The molecule has 32 heavy (non-hydrogen) atoms. The first-order valence-electron chi connectivity index (χ1n) is 10.6. The van der Waals surface area contributed by atoms with E-state index in [1.807, 2.05) is 36.7 Å². The molecule has 2 aromatic heterocycles. The number of hydrogen-bond acceptors (Lipinski definition) is 7. The first kappa shape index (κ1) is 21.6. The van der Waals surface area contributed by atoms with E-state index in [0.717, 1.165) is 42.4 Å². The van der Waals surface area contributed by atoms with E-state index >= 15 is 0 Å². The van der Waals surface area contributed by atoms with Crippen molar-refractivity contribution in [2.45, 2.75) is 26.7 Å². The Morgan fingerprint density at radius 2 is 1.84 bits per heavy atom. The molecule has 1 aliphatic rings. The molecule has 1 fully saturated rings. The molecule has 1 atom stereocenters. The van der Waals surface area contributed by atoms with Gasteiger partial charge in [0.05, 0.1) is 25.8 Å². The maximum Gasteiger partial charge on any atom is 0.229 e. The number of anilines is 2. The number of nitrogens with zero attached hydrogens (tertiary/aromatic N) is 5. The zero-order valence-electron chi connectivity index (χ0n) is 18.8. The van der Waals surface area contributed by atoms with E-state index in [0.29, 0.717) is 23.7 Å². The summed E-state index contributed by atoms with van der Waals surface area (Å²) in [6.07, 6.45) is 3.28. The van der Waals surface area contributed by atoms with Crippen LogP contribution < -0.4 is 19.7 Å². The van der Waals surface area contributed by atoms with E-state index in [1.54, 1.807) is 32.7 Å². The lowest BCUT2D eigenvalue weighted by Gasteiger charge is -2.33. The van der Waals surface area contributed by atoms with Crippen LogP contribution >= 0.6 is 0 Å². The first-order chi connectivity index (χ1) is 15.5. The summed E-state index contributed by atoms with van der Waals surface area (Å²) < 4.78 is 12.4. The van der Waals surface area contributed by atoms with E-state index < -0.39 is 0 Å². The normalized spacial score (nSPS) is 16.0. The lowest BCUT2D eigenvalue weighted by Crippen LogP contribution is -2.41. The van der Waals surface area contributed by atoms with Crippen LogP contribution in [0.15, 0.2) is 36.7 Å². The fourth-order valence-corrected chi connectivity index (χ4v) is 4.04. The Labute approximate surface area is 187 Å². The Hall–Kier alpha value is -3.62. The highest BCUT2D eigenvalue weighted by Crippen LogP contribution is 2.30. The number of rotatable bonds is 6. The largest absolute Gasteiger partial charge is 0.493 e. The van der Waals surface area contributed by atoms with E-state index in [4.69, 9.17) is 9.47 Å². The second-order valence-electron chi connectivity index (χ2n) is 7.92. The number of nitrogens with one attached hydrogen (secondary N) is 1. The van der Waals surface area contributed by atoms with Gasteiger partial charge in [0.15, 0.2) is 17.3 Å².